The van der Waals surface area contributed by atoms with Crippen molar-refractivity contribution in [1.29, 1.82) is 0 Å². The molecule has 0 radical (unpaired) electrons. The summed E-state index contributed by atoms with van der Waals surface area (Å²) in [5.74, 6) is -0.275. The molecule has 1 amide bonds. The number of anilines is 1. The monoisotopic (exact) mass is 392 g/mol. The molecule has 2 aliphatic rings. The highest BCUT2D eigenvalue weighted by molar-refractivity contribution is 7.92. The van der Waals surface area contributed by atoms with Gasteiger partial charge in [0, 0.05) is 24.7 Å². The summed E-state index contributed by atoms with van der Waals surface area (Å²) in [7, 11) is -3.14. The highest BCUT2D eigenvalue weighted by Gasteiger charge is 2.28. The Morgan fingerprint density at radius 3 is 2.41 bits per heavy atom. The number of sulfone groups is 1. The number of likely N-dealkylation sites (tertiary alicyclic amines) is 1. The standard InChI is InChI=1S/C21H32N2O3S/c1-17-6-4-5-14-23(17)16-18-9-11-19(12-10-18)22-21(24)13-15-27(25,26)20-7-2-3-8-20/h9-12,17,20H,2-8,13-16H2,1H3,(H,22,24). The maximum atomic E-state index is 12.3. The van der Waals surface area contributed by atoms with Crippen LogP contribution in [0.1, 0.15) is 63.9 Å². The average Bonchev–Trinajstić information content (AvgIpc) is 3.19. The van der Waals surface area contributed by atoms with Crippen molar-refractivity contribution in [2.45, 2.75) is 76.1 Å². The van der Waals surface area contributed by atoms with Crippen molar-refractivity contribution >= 4 is 21.4 Å². The van der Waals surface area contributed by atoms with Gasteiger partial charge in [-0.25, -0.2) is 8.42 Å². The Hall–Kier alpha value is -1.40. The first-order valence-electron chi connectivity index (χ1n) is 10.3. The fourth-order valence-electron chi connectivity index (χ4n) is 4.19. The summed E-state index contributed by atoms with van der Waals surface area (Å²) in [5, 5.41) is 2.59. The summed E-state index contributed by atoms with van der Waals surface area (Å²) < 4.78 is 24.5. The van der Waals surface area contributed by atoms with Crippen molar-refractivity contribution in [3.8, 4) is 0 Å². The molecule has 1 aliphatic heterocycles. The lowest BCUT2D eigenvalue weighted by Gasteiger charge is -2.33. The summed E-state index contributed by atoms with van der Waals surface area (Å²) in [6, 6.07) is 8.54. The van der Waals surface area contributed by atoms with Crippen LogP contribution in [-0.2, 0) is 21.2 Å². The van der Waals surface area contributed by atoms with Crippen LogP contribution in [0, 0.1) is 0 Å². The highest BCUT2D eigenvalue weighted by Crippen LogP contribution is 2.25. The zero-order valence-electron chi connectivity index (χ0n) is 16.3. The van der Waals surface area contributed by atoms with E-state index in [0.29, 0.717) is 6.04 Å². The van der Waals surface area contributed by atoms with Crippen LogP contribution in [0.25, 0.3) is 0 Å². The molecule has 150 valence electrons. The SMILES string of the molecule is CC1CCCCN1Cc1ccc(NC(=O)CCS(=O)(=O)C2CCCC2)cc1. The molecule has 2 fully saturated rings. The van der Waals surface area contributed by atoms with Gasteiger partial charge in [0.05, 0.1) is 11.0 Å². The maximum absolute atomic E-state index is 12.3. The minimum atomic E-state index is -3.14. The molecule has 0 spiro atoms. The Morgan fingerprint density at radius 1 is 1.07 bits per heavy atom. The van der Waals surface area contributed by atoms with E-state index in [1.807, 2.05) is 24.3 Å². The molecule has 1 N–H and O–H groups in total. The Bertz CT molecular complexity index is 724. The van der Waals surface area contributed by atoms with Gasteiger partial charge in [-0.05, 0) is 56.8 Å². The number of nitrogens with zero attached hydrogens (tertiary/aromatic N) is 1. The van der Waals surface area contributed by atoms with Crippen LogP contribution in [0.2, 0.25) is 0 Å². The third kappa shape index (κ3) is 5.79. The van der Waals surface area contributed by atoms with Crippen molar-refractivity contribution in [2.75, 3.05) is 17.6 Å². The first-order valence-corrected chi connectivity index (χ1v) is 12.0. The zero-order chi connectivity index (χ0) is 19.3. The van der Waals surface area contributed by atoms with Crippen LogP contribution in [0.15, 0.2) is 24.3 Å². The molecule has 0 bridgehead atoms. The fraction of sp³-hybridized carbons (Fsp3) is 0.667. The third-order valence-electron chi connectivity index (χ3n) is 5.99. The number of benzene rings is 1. The van der Waals surface area contributed by atoms with Gasteiger partial charge in [-0.3, -0.25) is 9.69 Å². The number of piperidine rings is 1. The number of carbonyl (C=O) groups excluding carboxylic acids is 1. The molecule has 1 aromatic rings. The molecule has 1 aliphatic carbocycles. The van der Waals surface area contributed by atoms with E-state index < -0.39 is 9.84 Å². The summed E-state index contributed by atoms with van der Waals surface area (Å²) in [4.78, 5) is 14.6. The van der Waals surface area contributed by atoms with Crippen LogP contribution in [0.3, 0.4) is 0 Å². The smallest absolute Gasteiger partial charge is 0.225 e. The molecule has 1 unspecified atom stereocenters. The first-order chi connectivity index (χ1) is 12.9. The van der Waals surface area contributed by atoms with Crippen LogP contribution in [0.4, 0.5) is 5.69 Å². The second-order valence-electron chi connectivity index (χ2n) is 8.08. The molecular formula is C21H32N2O3S. The van der Waals surface area contributed by atoms with Gasteiger partial charge in [0.25, 0.3) is 0 Å². The summed E-state index contributed by atoms with van der Waals surface area (Å²) in [5.41, 5.74) is 1.97. The molecule has 1 saturated heterocycles. The van der Waals surface area contributed by atoms with Crippen molar-refractivity contribution in [3.63, 3.8) is 0 Å². The van der Waals surface area contributed by atoms with Gasteiger partial charge in [-0.1, -0.05) is 31.4 Å². The van der Waals surface area contributed by atoms with E-state index in [-0.39, 0.29) is 23.3 Å². The molecule has 3 rings (SSSR count). The van der Waals surface area contributed by atoms with Gasteiger partial charge in [0.2, 0.25) is 5.91 Å². The van der Waals surface area contributed by atoms with Gasteiger partial charge in [-0.15, -0.1) is 0 Å². The van der Waals surface area contributed by atoms with E-state index in [9.17, 15) is 13.2 Å². The minimum Gasteiger partial charge on any atom is -0.326 e. The maximum Gasteiger partial charge on any atom is 0.225 e. The molecule has 27 heavy (non-hydrogen) atoms. The van der Waals surface area contributed by atoms with Gasteiger partial charge in [-0.2, -0.15) is 0 Å². The predicted molar refractivity (Wildman–Crippen MR) is 109 cm³/mol. The van der Waals surface area contributed by atoms with E-state index in [1.165, 1.54) is 24.8 Å². The van der Waals surface area contributed by atoms with Gasteiger partial charge in [0.1, 0.15) is 0 Å². The molecule has 0 aromatic heterocycles. The van der Waals surface area contributed by atoms with E-state index in [2.05, 4.69) is 17.1 Å². The van der Waals surface area contributed by atoms with E-state index in [1.54, 1.807) is 0 Å². The van der Waals surface area contributed by atoms with Crippen LogP contribution in [-0.4, -0.2) is 42.8 Å². The number of hydrogen-bond donors (Lipinski definition) is 1. The molecule has 1 saturated carbocycles. The van der Waals surface area contributed by atoms with E-state index >= 15 is 0 Å². The molecule has 6 heteroatoms. The first kappa shape index (κ1) is 20.3. The zero-order valence-corrected chi connectivity index (χ0v) is 17.1. The number of carbonyl (C=O) groups is 1. The number of nitrogens with one attached hydrogen (secondary N) is 1. The summed E-state index contributed by atoms with van der Waals surface area (Å²) in [6.45, 7) is 4.37. The normalized spacial score (nSPS) is 22.0. The lowest BCUT2D eigenvalue weighted by molar-refractivity contribution is -0.115. The molecule has 5 nitrogen and oxygen atoms in total. The van der Waals surface area contributed by atoms with Crippen molar-refractivity contribution in [3.05, 3.63) is 29.8 Å². The lowest BCUT2D eigenvalue weighted by Crippen LogP contribution is -2.36. The number of amides is 1. The van der Waals surface area contributed by atoms with Gasteiger partial charge < -0.3 is 5.32 Å². The second kappa shape index (κ2) is 9.20. The fourth-order valence-corrected chi connectivity index (χ4v) is 6.05. The summed E-state index contributed by atoms with van der Waals surface area (Å²) >= 11 is 0. The van der Waals surface area contributed by atoms with Crippen molar-refractivity contribution in [1.82, 2.24) is 4.90 Å². The second-order valence-corrected chi connectivity index (χ2v) is 10.5. The van der Waals surface area contributed by atoms with Crippen LogP contribution in [0.5, 0.6) is 0 Å². The Morgan fingerprint density at radius 2 is 1.74 bits per heavy atom. The lowest BCUT2D eigenvalue weighted by atomic mass is 10.0. The Balaban J connectivity index is 1.46. The topological polar surface area (TPSA) is 66.5 Å². The number of rotatable bonds is 7. The Labute approximate surface area is 163 Å². The van der Waals surface area contributed by atoms with Gasteiger partial charge >= 0.3 is 0 Å². The quantitative estimate of drug-likeness (QED) is 0.767. The minimum absolute atomic E-state index is 0.0336. The molecule has 1 aromatic carbocycles. The predicted octanol–water partition coefficient (Wildman–Crippen LogP) is 3.75. The highest BCUT2D eigenvalue weighted by atomic mass is 32.2. The van der Waals surface area contributed by atoms with Crippen molar-refractivity contribution < 1.29 is 13.2 Å². The Kier molecular flexibility index (Phi) is 6.93. The van der Waals surface area contributed by atoms with E-state index in [4.69, 9.17) is 0 Å². The third-order valence-corrected chi connectivity index (χ3v) is 8.25. The van der Waals surface area contributed by atoms with E-state index in [0.717, 1.165) is 44.5 Å². The largest absolute Gasteiger partial charge is 0.326 e. The van der Waals surface area contributed by atoms with Crippen LogP contribution < -0.4 is 5.32 Å². The molecule has 1 heterocycles. The van der Waals surface area contributed by atoms with Gasteiger partial charge in [0.15, 0.2) is 9.84 Å². The average molecular weight is 393 g/mol. The molecular weight excluding hydrogens is 360 g/mol. The van der Waals surface area contributed by atoms with Crippen molar-refractivity contribution in [2.24, 2.45) is 0 Å². The summed E-state index contributed by atoms with van der Waals surface area (Å²) in [6.07, 6.45) is 7.35. The van der Waals surface area contributed by atoms with Crippen LogP contribution >= 0.6 is 0 Å². The molecule has 1 atom stereocenters. The number of hydrogen-bond acceptors (Lipinski definition) is 4.